The van der Waals surface area contributed by atoms with Crippen molar-refractivity contribution < 1.29 is 9.59 Å². The minimum atomic E-state index is 0.250. The molecule has 0 aliphatic rings. The van der Waals surface area contributed by atoms with E-state index in [0.717, 1.165) is 13.0 Å². The van der Waals surface area contributed by atoms with E-state index < -0.39 is 0 Å². The van der Waals surface area contributed by atoms with Gasteiger partial charge in [0.2, 0.25) is 0 Å². The topological polar surface area (TPSA) is 86.2 Å². The Labute approximate surface area is 96.6 Å². The highest BCUT2D eigenvalue weighted by Gasteiger charge is 1.85. The summed E-state index contributed by atoms with van der Waals surface area (Å²) >= 11 is 0. The van der Waals surface area contributed by atoms with Crippen LogP contribution in [0.4, 0.5) is 0 Å². The summed E-state index contributed by atoms with van der Waals surface area (Å²) in [6.07, 6.45) is 1.35. The fourth-order valence-electron chi connectivity index (χ4n) is 0.724. The van der Waals surface area contributed by atoms with Gasteiger partial charge in [-0.25, -0.2) is 0 Å². The highest BCUT2D eigenvalue weighted by molar-refractivity contribution is 5.20. The highest BCUT2D eigenvalue weighted by Crippen LogP contribution is 2.00. The highest BCUT2D eigenvalue weighted by atomic mass is 16.2. The summed E-state index contributed by atoms with van der Waals surface area (Å²) in [6, 6.07) is 8.25. The minimum Gasteiger partial charge on any atom is -0.330 e. The van der Waals surface area contributed by atoms with Gasteiger partial charge in [0.15, 0.2) is 0 Å². The SMILES string of the molecule is CCCN.Cc1ccc(CN)cc1.O=C=O. The molecular formula is C12H20N2O2. The molecule has 0 saturated carbocycles. The Morgan fingerprint density at radius 1 is 1.12 bits per heavy atom. The molecule has 4 nitrogen and oxygen atoms in total. The summed E-state index contributed by atoms with van der Waals surface area (Å²) in [5, 5.41) is 0. The van der Waals surface area contributed by atoms with E-state index in [9.17, 15) is 0 Å². The lowest BCUT2D eigenvalue weighted by Gasteiger charge is -1.94. The number of carbonyl (C=O) groups excluding carboxylic acids is 2. The number of rotatable bonds is 2. The first-order valence-corrected chi connectivity index (χ1v) is 5.11. The second-order valence-corrected chi connectivity index (χ2v) is 3.06. The number of aryl methyl sites for hydroxylation is 1. The fraction of sp³-hybridized carbons (Fsp3) is 0.417. The molecule has 1 aromatic rings. The number of hydrogen-bond acceptors (Lipinski definition) is 4. The molecule has 0 aromatic heterocycles. The molecule has 0 heterocycles. The van der Waals surface area contributed by atoms with Crippen molar-refractivity contribution in [3.63, 3.8) is 0 Å². The molecule has 0 bridgehead atoms. The lowest BCUT2D eigenvalue weighted by molar-refractivity contribution is -0.191. The Morgan fingerprint density at radius 2 is 1.50 bits per heavy atom. The molecule has 1 aromatic carbocycles. The third-order valence-electron chi connectivity index (χ3n) is 1.64. The molecule has 4 heteroatoms. The standard InChI is InChI=1S/C8H11N.C3H9N.CO2/c1-7-2-4-8(6-9)5-3-7;1-2-3-4;2-1-3/h2-5H,6,9H2,1H3;2-4H2,1H3;. The molecule has 0 aliphatic carbocycles. The Bertz CT molecular complexity index is 276. The van der Waals surface area contributed by atoms with Crippen molar-refractivity contribution in [1.29, 1.82) is 0 Å². The van der Waals surface area contributed by atoms with Crippen molar-refractivity contribution >= 4 is 6.15 Å². The van der Waals surface area contributed by atoms with Crippen LogP contribution in [0.2, 0.25) is 0 Å². The van der Waals surface area contributed by atoms with Gasteiger partial charge in [-0.1, -0.05) is 36.8 Å². The molecule has 0 fully saturated rings. The zero-order valence-corrected chi connectivity index (χ0v) is 9.90. The first kappa shape index (κ1) is 16.9. The molecule has 4 N–H and O–H groups in total. The Morgan fingerprint density at radius 3 is 1.75 bits per heavy atom. The van der Waals surface area contributed by atoms with Gasteiger partial charge < -0.3 is 11.5 Å². The summed E-state index contributed by atoms with van der Waals surface area (Å²) in [7, 11) is 0. The third-order valence-corrected chi connectivity index (χ3v) is 1.64. The fourth-order valence-corrected chi connectivity index (χ4v) is 0.724. The number of hydrogen-bond donors (Lipinski definition) is 2. The van der Waals surface area contributed by atoms with E-state index in [2.05, 4.69) is 38.1 Å². The molecule has 0 amide bonds. The summed E-state index contributed by atoms with van der Waals surface area (Å²) in [5.41, 5.74) is 12.9. The predicted molar refractivity (Wildman–Crippen MR) is 63.4 cm³/mol. The van der Waals surface area contributed by atoms with Crippen LogP contribution in [0.25, 0.3) is 0 Å². The quantitative estimate of drug-likeness (QED) is 0.791. The maximum Gasteiger partial charge on any atom is 0.373 e. The van der Waals surface area contributed by atoms with E-state index in [1.54, 1.807) is 0 Å². The molecule has 90 valence electrons. The van der Waals surface area contributed by atoms with Crippen LogP contribution in [0.1, 0.15) is 24.5 Å². The van der Waals surface area contributed by atoms with Gasteiger partial charge in [0, 0.05) is 6.54 Å². The zero-order valence-electron chi connectivity index (χ0n) is 9.90. The van der Waals surface area contributed by atoms with Crippen LogP contribution in [0.15, 0.2) is 24.3 Å². The monoisotopic (exact) mass is 224 g/mol. The summed E-state index contributed by atoms with van der Waals surface area (Å²) < 4.78 is 0. The zero-order chi connectivity index (χ0) is 12.8. The Kier molecular flexibility index (Phi) is 14.3. The van der Waals surface area contributed by atoms with Gasteiger partial charge in [-0.3, -0.25) is 0 Å². The van der Waals surface area contributed by atoms with E-state index in [1.165, 1.54) is 11.1 Å². The molecule has 0 unspecified atom stereocenters. The van der Waals surface area contributed by atoms with Crippen LogP contribution in [0.3, 0.4) is 0 Å². The van der Waals surface area contributed by atoms with E-state index in [0.29, 0.717) is 6.54 Å². The van der Waals surface area contributed by atoms with Gasteiger partial charge in [-0.2, -0.15) is 9.59 Å². The van der Waals surface area contributed by atoms with Crippen molar-refractivity contribution in [1.82, 2.24) is 0 Å². The van der Waals surface area contributed by atoms with Crippen LogP contribution < -0.4 is 11.5 Å². The van der Waals surface area contributed by atoms with Gasteiger partial charge in [0.05, 0.1) is 0 Å². The first-order chi connectivity index (χ1) is 7.65. The van der Waals surface area contributed by atoms with Crippen LogP contribution in [0, 0.1) is 6.92 Å². The largest absolute Gasteiger partial charge is 0.373 e. The van der Waals surface area contributed by atoms with Crippen LogP contribution >= 0.6 is 0 Å². The molecular weight excluding hydrogens is 204 g/mol. The molecule has 1 rings (SSSR count). The smallest absolute Gasteiger partial charge is 0.330 e. The average Bonchev–Trinajstić information content (AvgIpc) is 2.31. The van der Waals surface area contributed by atoms with Gasteiger partial charge in [-0.15, -0.1) is 0 Å². The summed E-state index contributed by atoms with van der Waals surface area (Å²) in [4.78, 5) is 16.2. The van der Waals surface area contributed by atoms with E-state index in [4.69, 9.17) is 21.1 Å². The van der Waals surface area contributed by atoms with Gasteiger partial charge in [0.1, 0.15) is 0 Å². The van der Waals surface area contributed by atoms with Crippen molar-refractivity contribution in [2.45, 2.75) is 26.8 Å². The van der Waals surface area contributed by atoms with Gasteiger partial charge >= 0.3 is 6.15 Å². The van der Waals surface area contributed by atoms with E-state index in [1.807, 2.05) is 0 Å². The summed E-state index contributed by atoms with van der Waals surface area (Å²) in [6.45, 7) is 5.58. The maximum absolute atomic E-state index is 8.12. The molecule has 0 atom stereocenters. The minimum absolute atomic E-state index is 0.250. The van der Waals surface area contributed by atoms with E-state index >= 15 is 0 Å². The number of benzene rings is 1. The van der Waals surface area contributed by atoms with Gasteiger partial charge in [-0.05, 0) is 25.5 Å². The first-order valence-electron chi connectivity index (χ1n) is 5.11. The number of nitrogens with two attached hydrogens (primary N) is 2. The molecule has 0 saturated heterocycles. The van der Waals surface area contributed by atoms with Crippen molar-refractivity contribution in [3.05, 3.63) is 35.4 Å². The summed E-state index contributed by atoms with van der Waals surface area (Å²) in [5.74, 6) is 0. The van der Waals surface area contributed by atoms with Crippen molar-refractivity contribution in [2.24, 2.45) is 11.5 Å². The normalized spacial score (nSPS) is 7.75. The second kappa shape index (κ2) is 13.5. The van der Waals surface area contributed by atoms with Crippen molar-refractivity contribution in [3.8, 4) is 0 Å². The van der Waals surface area contributed by atoms with Crippen LogP contribution in [-0.4, -0.2) is 12.7 Å². The third kappa shape index (κ3) is 12.5. The van der Waals surface area contributed by atoms with E-state index in [-0.39, 0.29) is 6.15 Å². The molecule has 0 aliphatic heterocycles. The Hall–Kier alpha value is -1.48. The molecule has 0 spiro atoms. The second-order valence-electron chi connectivity index (χ2n) is 3.06. The lowest BCUT2D eigenvalue weighted by atomic mass is 10.2. The van der Waals surface area contributed by atoms with Crippen molar-refractivity contribution in [2.75, 3.05) is 6.54 Å². The molecule has 0 radical (unpaired) electrons. The lowest BCUT2D eigenvalue weighted by Crippen LogP contribution is -1.94. The predicted octanol–water partition coefficient (Wildman–Crippen LogP) is 1.23. The van der Waals surface area contributed by atoms with Crippen LogP contribution in [-0.2, 0) is 16.1 Å². The Balaban J connectivity index is 0. The molecule has 16 heavy (non-hydrogen) atoms. The van der Waals surface area contributed by atoms with Crippen LogP contribution in [0.5, 0.6) is 0 Å². The van der Waals surface area contributed by atoms with Gasteiger partial charge in [0.25, 0.3) is 0 Å². The average molecular weight is 224 g/mol. The maximum atomic E-state index is 8.12.